The molecule has 2 aromatic rings. The monoisotopic (exact) mass is 601 g/mol. The second kappa shape index (κ2) is 12.2. The highest BCUT2D eigenvalue weighted by Crippen LogP contribution is 2.36. The van der Waals surface area contributed by atoms with E-state index in [2.05, 4.69) is 25.6 Å². The van der Waals surface area contributed by atoms with Gasteiger partial charge in [-0.2, -0.15) is 4.98 Å². The zero-order valence-corrected chi connectivity index (χ0v) is 24.5. The van der Waals surface area contributed by atoms with Crippen LogP contribution in [0.5, 0.6) is 0 Å². The van der Waals surface area contributed by atoms with Crippen molar-refractivity contribution in [2.24, 2.45) is 0 Å². The lowest BCUT2D eigenvalue weighted by Gasteiger charge is -2.15. The number of halogens is 3. The summed E-state index contributed by atoms with van der Waals surface area (Å²) < 4.78 is 1.62. The van der Waals surface area contributed by atoms with Crippen molar-refractivity contribution in [2.75, 3.05) is 31.5 Å². The maximum Gasteiger partial charge on any atom is 0.319 e. The van der Waals surface area contributed by atoms with Gasteiger partial charge in [-0.05, 0) is 61.7 Å². The van der Waals surface area contributed by atoms with Crippen LogP contribution in [-0.4, -0.2) is 56.9 Å². The molecule has 0 atom stereocenters. The minimum Gasteiger partial charge on any atom is -0.337 e. The summed E-state index contributed by atoms with van der Waals surface area (Å²) in [7, 11) is 0. The van der Waals surface area contributed by atoms with Crippen LogP contribution in [0.4, 0.5) is 10.5 Å². The Kier molecular flexibility index (Phi) is 8.65. The number of benzene rings is 2. The lowest BCUT2D eigenvalue weighted by molar-refractivity contribution is 0.249. The summed E-state index contributed by atoms with van der Waals surface area (Å²) in [5.74, 6) is 0.726. The molecule has 40 heavy (non-hydrogen) atoms. The van der Waals surface area contributed by atoms with E-state index in [1.54, 1.807) is 16.8 Å². The maximum atomic E-state index is 13.2. The van der Waals surface area contributed by atoms with Gasteiger partial charge in [0.25, 0.3) is 5.56 Å². The van der Waals surface area contributed by atoms with Gasteiger partial charge in [0.1, 0.15) is 17.1 Å². The third-order valence-corrected chi connectivity index (χ3v) is 7.68. The van der Waals surface area contributed by atoms with Crippen molar-refractivity contribution in [1.82, 2.24) is 30.0 Å². The summed E-state index contributed by atoms with van der Waals surface area (Å²) in [6, 6.07) is 10.3. The molecule has 1 saturated heterocycles. The molecule has 5 rings (SSSR count). The Morgan fingerprint density at radius 1 is 1.05 bits per heavy atom. The number of aromatic nitrogens is 4. The Labute approximate surface area is 247 Å². The van der Waals surface area contributed by atoms with Crippen molar-refractivity contribution in [3.63, 3.8) is 0 Å². The molecule has 3 aliphatic heterocycles. The molecule has 0 aromatic heterocycles. The second-order valence-electron chi connectivity index (χ2n) is 10.2. The number of carbonyl (C=O) groups is 1. The quantitative estimate of drug-likeness (QED) is 0.231. The van der Waals surface area contributed by atoms with E-state index >= 15 is 0 Å². The fourth-order valence-corrected chi connectivity index (χ4v) is 5.89. The Morgan fingerprint density at radius 3 is 2.38 bits per heavy atom. The van der Waals surface area contributed by atoms with Crippen LogP contribution < -0.4 is 16.2 Å². The van der Waals surface area contributed by atoms with Crippen molar-refractivity contribution >= 4 is 46.5 Å². The van der Waals surface area contributed by atoms with E-state index in [1.807, 2.05) is 38.1 Å². The van der Waals surface area contributed by atoms with Gasteiger partial charge in [0.05, 0.1) is 15.7 Å². The number of aromatic amines is 1. The predicted molar refractivity (Wildman–Crippen MR) is 160 cm³/mol. The lowest BCUT2D eigenvalue weighted by Crippen LogP contribution is -2.35. The van der Waals surface area contributed by atoms with Crippen molar-refractivity contribution in [3.8, 4) is 17.1 Å². The molecule has 3 heterocycles. The maximum absolute atomic E-state index is 13.2. The fourth-order valence-electron chi connectivity index (χ4n) is 4.90. The first-order chi connectivity index (χ1) is 19.2. The molecule has 2 aromatic carbocycles. The molecule has 0 bridgehead atoms. The summed E-state index contributed by atoms with van der Waals surface area (Å²) in [5, 5.41) is 10.0. The lowest BCUT2D eigenvalue weighted by atomic mass is 10.1. The summed E-state index contributed by atoms with van der Waals surface area (Å²) in [4.78, 5) is 36.8. The van der Waals surface area contributed by atoms with Crippen LogP contribution in [0.2, 0.25) is 15.1 Å². The predicted octanol–water partition coefficient (Wildman–Crippen LogP) is 5.95. The van der Waals surface area contributed by atoms with Gasteiger partial charge in [-0.15, -0.1) is 0 Å². The van der Waals surface area contributed by atoms with E-state index in [-0.39, 0.29) is 17.5 Å². The van der Waals surface area contributed by atoms with Gasteiger partial charge < -0.3 is 15.5 Å². The van der Waals surface area contributed by atoms with Crippen LogP contribution in [0.15, 0.2) is 41.2 Å². The fraction of sp³-hybridized carbons (Fsp3) is 0.357. The average Bonchev–Trinajstić information content (AvgIpc) is 3.54. The first-order valence-corrected chi connectivity index (χ1v) is 14.4. The number of amides is 2. The van der Waals surface area contributed by atoms with Crippen LogP contribution in [0.3, 0.4) is 0 Å². The van der Waals surface area contributed by atoms with Gasteiger partial charge >= 0.3 is 6.03 Å². The average molecular weight is 603 g/mol. The van der Waals surface area contributed by atoms with Gasteiger partial charge in [-0.3, -0.25) is 9.89 Å². The van der Waals surface area contributed by atoms with E-state index in [1.165, 1.54) is 12.8 Å². The molecule has 0 radical (unpaired) electrons. The molecule has 1 fully saturated rings. The third kappa shape index (κ3) is 6.28. The SMILES string of the molecule is CC(C)c1[nH]n(-c2c(Cl)cc(Cl)cc2Cl)c2nc(Cc3ccc(NC(=O)NCCN4CCCC4)cc3)nc(=O)c1-2. The van der Waals surface area contributed by atoms with Crippen molar-refractivity contribution in [1.29, 1.82) is 0 Å². The largest absolute Gasteiger partial charge is 0.337 e. The zero-order valence-electron chi connectivity index (χ0n) is 22.2. The molecule has 0 unspecified atom stereocenters. The van der Waals surface area contributed by atoms with Gasteiger partial charge in [-0.1, -0.05) is 60.8 Å². The summed E-state index contributed by atoms with van der Waals surface area (Å²) in [5.41, 5.74) is 2.68. The van der Waals surface area contributed by atoms with Crippen molar-refractivity contribution in [3.05, 3.63) is 78.9 Å². The van der Waals surface area contributed by atoms with Crippen molar-refractivity contribution < 1.29 is 4.79 Å². The Hall–Kier alpha value is -3.11. The van der Waals surface area contributed by atoms with E-state index in [0.29, 0.717) is 62.3 Å². The topological polar surface area (TPSA) is 108 Å². The smallest absolute Gasteiger partial charge is 0.319 e. The van der Waals surface area contributed by atoms with Crippen LogP contribution in [-0.2, 0) is 6.42 Å². The number of hydrogen-bond donors (Lipinski definition) is 3. The van der Waals surface area contributed by atoms with Gasteiger partial charge in [-0.25, -0.2) is 14.5 Å². The summed E-state index contributed by atoms with van der Waals surface area (Å²) in [6.07, 6.45) is 2.77. The molecule has 3 aliphatic rings. The number of urea groups is 1. The molecule has 0 saturated carbocycles. The number of anilines is 1. The number of carbonyl (C=O) groups excluding carboxylic acids is 1. The van der Waals surface area contributed by atoms with Gasteiger partial charge in [0, 0.05) is 30.2 Å². The van der Waals surface area contributed by atoms with Crippen LogP contribution in [0.25, 0.3) is 17.1 Å². The molecule has 2 amide bonds. The van der Waals surface area contributed by atoms with Gasteiger partial charge in [0.15, 0.2) is 5.82 Å². The number of likely N-dealkylation sites (tertiary alicyclic amines) is 1. The molecule has 3 N–H and O–H groups in total. The number of hydrogen-bond acceptors (Lipinski definition) is 5. The Balaban J connectivity index is 1.35. The van der Waals surface area contributed by atoms with E-state index in [4.69, 9.17) is 39.8 Å². The van der Waals surface area contributed by atoms with E-state index in [0.717, 1.165) is 25.2 Å². The number of nitrogens with one attached hydrogen (secondary N) is 3. The van der Waals surface area contributed by atoms with E-state index < -0.39 is 0 Å². The zero-order chi connectivity index (χ0) is 28.4. The molecule has 9 nitrogen and oxygen atoms in total. The summed E-state index contributed by atoms with van der Waals surface area (Å²) in [6.45, 7) is 7.59. The Bertz CT molecular complexity index is 1520. The molecule has 210 valence electrons. The highest BCUT2D eigenvalue weighted by molar-refractivity contribution is 6.40. The first kappa shape index (κ1) is 28.4. The van der Waals surface area contributed by atoms with E-state index in [9.17, 15) is 9.59 Å². The standard InChI is InChI=1S/C28H30Cl3N7O2/c1-16(2)24-23-26(38(36-24)25-20(30)14-18(29)15-21(25)31)34-22(35-27(23)39)13-17-5-7-19(8-6-17)33-28(40)32-9-12-37-10-3-4-11-37/h5-8,14-16,36H,3-4,9-13H2,1-2H3,(H2,32,33,40). The molecule has 12 heteroatoms. The number of nitrogens with zero attached hydrogens (tertiary/aromatic N) is 4. The van der Waals surface area contributed by atoms with Gasteiger partial charge in [0.2, 0.25) is 0 Å². The minimum absolute atomic E-state index is 0.00628. The molecule has 0 aliphatic carbocycles. The summed E-state index contributed by atoms with van der Waals surface area (Å²) >= 11 is 19.1. The highest BCUT2D eigenvalue weighted by atomic mass is 35.5. The molecular weight excluding hydrogens is 573 g/mol. The Morgan fingerprint density at radius 2 is 1.73 bits per heavy atom. The highest BCUT2D eigenvalue weighted by Gasteiger charge is 2.27. The van der Waals surface area contributed by atoms with Crippen LogP contribution in [0.1, 0.15) is 49.7 Å². The number of H-pyrrole nitrogens is 1. The second-order valence-corrected chi connectivity index (χ2v) is 11.4. The third-order valence-electron chi connectivity index (χ3n) is 6.89. The normalized spacial score (nSPS) is 13.8. The van der Waals surface area contributed by atoms with Crippen LogP contribution >= 0.6 is 34.8 Å². The van der Waals surface area contributed by atoms with Crippen LogP contribution in [0, 0.1) is 0 Å². The number of rotatable bonds is 8. The molecule has 0 spiro atoms. The van der Waals surface area contributed by atoms with Crippen molar-refractivity contribution in [2.45, 2.75) is 39.0 Å². The first-order valence-electron chi connectivity index (χ1n) is 13.2. The number of fused-ring (bicyclic) bond motifs is 1. The molecular formula is C28H30Cl3N7O2. The minimum atomic E-state index is -0.385.